The van der Waals surface area contributed by atoms with Crippen LogP contribution < -0.4 is 5.14 Å². The van der Waals surface area contributed by atoms with Gasteiger partial charge in [-0.3, -0.25) is 0 Å². The van der Waals surface area contributed by atoms with Gasteiger partial charge < -0.3 is 0 Å². The Hall–Kier alpha value is -1.09. The Bertz CT molecular complexity index is 512. The van der Waals surface area contributed by atoms with Crippen LogP contribution in [0.2, 0.25) is 13.1 Å². The molecule has 1 aromatic carbocycles. The predicted molar refractivity (Wildman–Crippen MR) is 63.6 cm³/mol. The van der Waals surface area contributed by atoms with Crippen LogP contribution in [-0.2, 0) is 10.0 Å². The predicted octanol–water partition coefficient (Wildman–Crippen LogP) is 0.711. The minimum absolute atomic E-state index is 0.111. The Kier molecular flexibility index (Phi) is 3.69. The number of hydrogen-bond donors (Lipinski definition) is 1. The van der Waals surface area contributed by atoms with E-state index in [0.717, 1.165) is 0 Å². The van der Waals surface area contributed by atoms with E-state index in [0.29, 0.717) is 5.56 Å². The number of primary sulfonamides is 1. The Morgan fingerprint density at radius 1 is 1.33 bits per heavy atom. The van der Waals surface area contributed by atoms with E-state index in [4.69, 9.17) is 5.14 Å². The fraction of sp³-hybridized carbons (Fsp3) is 0.200. The van der Waals surface area contributed by atoms with E-state index >= 15 is 0 Å². The zero-order chi connectivity index (χ0) is 11.5. The van der Waals surface area contributed by atoms with Crippen LogP contribution in [-0.4, -0.2) is 17.2 Å². The molecule has 0 amide bonds. The van der Waals surface area contributed by atoms with Crippen LogP contribution in [0.5, 0.6) is 0 Å². The largest absolute Gasteiger partial charge is 0.238 e. The molecule has 3 nitrogen and oxygen atoms in total. The van der Waals surface area contributed by atoms with Crippen LogP contribution in [0.25, 0.3) is 0 Å². The van der Waals surface area contributed by atoms with Gasteiger partial charge in [-0.25, -0.2) is 13.6 Å². The van der Waals surface area contributed by atoms with Gasteiger partial charge in [0.1, 0.15) is 8.80 Å². The first-order chi connectivity index (χ1) is 6.89. The average molecular weight is 239 g/mol. The van der Waals surface area contributed by atoms with Gasteiger partial charge in [0.25, 0.3) is 0 Å². The number of hydrogen-bond acceptors (Lipinski definition) is 2. The second kappa shape index (κ2) is 4.62. The Balaban J connectivity index is 3.11. The van der Waals surface area contributed by atoms with E-state index < -0.39 is 18.8 Å². The van der Waals surface area contributed by atoms with E-state index in [1.54, 1.807) is 12.1 Å². The first-order valence-electron chi connectivity index (χ1n) is 4.54. The summed E-state index contributed by atoms with van der Waals surface area (Å²) in [7, 11) is -4.56. The highest BCUT2D eigenvalue weighted by molar-refractivity contribution is 7.89. The zero-order valence-electron chi connectivity index (χ0n) is 8.69. The highest BCUT2D eigenvalue weighted by atomic mass is 32.2. The van der Waals surface area contributed by atoms with Crippen molar-refractivity contribution in [2.45, 2.75) is 18.0 Å². The molecule has 0 aliphatic rings. The maximum absolute atomic E-state index is 11.1. The van der Waals surface area contributed by atoms with Gasteiger partial charge in [-0.15, -0.1) is 5.54 Å². The van der Waals surface area contributed by atoms with Crippen molar-refractivity contribution in [3.63, 3.8) is 0 Å². The van der Waals surface area contributed by atoms with Crippen molar-refractivity contribution in [1.29, 1.82) is 0 Å². The minimum atomic E-state index is -3.62. The Labute approximate surface area is 92.0 Å². The molecule has 2 N–H and O–H groups in total. The number of rotatable bonds is 1. The smallest absolute Gasteiger partial charge is 0.225 e. The highest BCUT2D eigenvalue weighted by Crippen LogP contribution is 2.08. The molecule has 0 saturated heterocycles. The molecule has 0 unspecified atom stereocenters. The van der Waals surface area contributed by atoms with Crippen LogP contribution in [0.3, 0.4) is 0 Å². The van der Waals surface area contributed by atoms with Crippen LogP contribution in [0.1, 0.15) is 5.56 Å². The molecule has 1 aromatic rings. The SMILES string of the molecule is C[SiH](C)C#Cc1cccc(S(N)(=O)=O)c1. The van der Waals surface area contributed by atoms with Crippen molar-refractivity contribution in [1.82, 2.24) is 0 Å². The summed E-state index contributed by atoms with van der Waals surface area (Å²) >= 11 is 0. The third kappa shape index (κ3) is 3.87. The van der Waals surface area contributed by atoms with Crippen molar-refractivity contribution in [2.75, 3.05) is 0 Å². The standard InChI is InChI=1S/C10H13NO2SSi/c1-15(2)7-6-9-4-3-5-10(8-9)14(11,12)13/h3-5,8,15H,1-2H3,(H2,11,12,13). The molecule has 0 fully saturated rings. The van der Waals surface area contributed by atoms with Crippen molar-refractivity contribution in [2.24, 2.45) is 5.14 Å². The molecular formula is C10H13NO2SSi. The van der Waals surface area contributed by atoms with Gasteiger partial charge in [0.15, 0.2) is 0 Å². The van der Waals surface area contributed by atoms with E-state index in [1.807, 2.05) is 0 Å². The molecule has 0 aromatic heterocycles. The molecule has 5 heteroatoms. The quantitative estimate of drug-likeness (QED) is 0.579. The summed E-state index contributed by atoms with van der Waals surface area (Å²) < 4.78 is 22.1. The fourth-order valence-electron chi connectivity index (χ4n) is 0.979. The molecule has 0 saturated carbocycles. The molecular weight excluding hydrogens is 226 g/mol. The summed E-state index contributed by atoms with van der Waals surface area (Å²) in [5.41, 5.74) is 3.79. The lowest BCUT2D eigenvalue weighted by Crippen LogP contribution is -2.12. The Morgan fingerprint density at radius 3 is 2.53 bits per heavy atom. The third-order valence-electron chi connectivity index (χ3n) is 1.67. The van der Waals surface area contributed by atoms with Gasteiger partial charge in [-0.2, -0.15) is 0 Å². The second-order valence-electron chi connectivity index (χ2n) is 3.50. The summed E-state index contributed by atoms with van der Waals surface area (Å²) in [4.78, 5) is 0.111. The van der Waals surface area contributed by atoms with E-state index in [9.17, 15) is 8.42 Å². The summed E-state index contributed by atoms with van der Waals surface area (Å²) in [5, 5.41) is 5.01. The lowest BCUT2D eigenvalue weighted by Gasteiger charge is -1.97. The normalized spacial score (nSPS) is 10.9. The van der Waals surface area contributed by atoms with Crippen LogP contribution in [0.4, 0.5) is 0 Å². The fourth-order valence-corrected chi connectivity index (χ4v) is 1.99. The van der Waals surface area contributed by atoms with Crippen LogP contribution in [0, 0.1) is 11.5 Å². The molecule has 0 atom stereocenters. The number of nitrogens with two attached hydrogens (primary N) is 1. The number of benzene rings is 1. The summed E-state index contributed by atoms with van der Waals surface area (Å²) in [6, 6.07) is 6.39. The third-order valence-corrected chi connectivity index (χ3v) is 3.30. The summed E-state index contributed by atoms with van der Waals surface area (Å²) in [6.07, 6.45) is 0. The molecule has 0 aliphatic carbocycles. The van der Waals surface area contributed by atoms with Gasteiger partial charge in [-0.1, -0.05) is 25.1 Å². The molecule has 0 aliphatic heterocycles. The monoisotopic (exact) mass is 239 g/mol. The second-order valence-corrected chi connectivity index (χ2v) is 7.66. The highest BCUT2D eigenvalue weighted by Gasteiger charge is 2.06. The first-order valence-corrected chi connectivity index (χ1v) is 8.97. The molecule has 0 spiro atoms. The van der Waals surface area contributed by atoms with E-state index in [2.05, 4.69) is 24.6 Å². The molecule has 0 heterocycles. The first kappa shape index (κ1) is 12.0. The summed E-state index contributed by atoms with van der Waals surface area (Å²) in [6.45, 7) is 4.22. The average Bonchev–Trinajstić information content (AvgIpc) is 2.14. The Morgan fingerprint density at radius 2 is 2.00 bits per heavy atom. The van der Waals surface area contributed by atoms with E-state index in [-0.39, 0.29) is 4.90 Å². The molecule has 0 bridgehead atoms. The molecule has 15 heavy (non-hydrogen) atoms. The van der Waals surface area contributed by atoms with Gasteiger partial charge in [0, 0.05) is 5.56 Å². The lowest BCUT2D eigenvalue weighted by atomic mass is 10.2. The van der Waals surface area contributed by atoms with Crippen LogP contribution in [0.15, 0.2) is 29.2 Å². The molecule has 1 rings (SSSR count). The lowest BCUT2D eigenvalue weighted by molar-refractivity contribution is 0.598. The molecule has 0 radical (unpaired) electrons. The maximum atomic E-state index is 11.1. The number of sulfonamides is 1. The maximum Gasteiger partial charge on any atom is 0.238 e. The van der Waals surface area contributed by atoms with Crippen molar-refractivity contribution in [3.8, 4) is 11.5 Å². The van der Waals surface area contributed by atoms with Gasteiger partial charge in [0.05, 0.1) is 4.90 Å². The topological polar surface area (TPSA) is 60.2 Å². The summed E-state index contributed by atoms with van der Waals surface area (Å²) in [5.74, 6) is 2.95. The van der Waals surface area contributed by atoms with Gasteiger partial charge in [-0.05, 0) is 18.2 Å². The van der Waals surface area contributed by atoms with Gasteiger partial charge >= 0.3 is 0 Å². The van der Waals surface area contributed by atoms with Crippen molar-refractivity contribution in [3.05, 3.63) is 29.8 Å². The minimum Gasteiger partial charge on any atom is -0.225 e. The van der Waals surface area contributed by atoms with Crippen LogP contribution >= 0.6 is 0 Å². The van der Waals surface area contributed by atoms with E-state index in [1.165, 1.54) is 12.1 Å². The zero-order valence-corrected chi connectivity index (χ0v) is 10.7. The van der Waals surface area contributed by atoms with Crippen molar-refractivity contribution < 1.29 is 8.42 Å². The van der Waals surface area contributed by atoms with Crippen molar-refractivity contribution >= 4 is 18.8 Å². The molecule has 80 valence electrons. The van der Waals surface area contributed by atoms with Gasteiger partial charge in [0.2, 0.25) is 10.0 Å².